The Morgan fingerprint density at radius 3 is 2.85 bits per heavy atom. The molecule has 2 aromatic heterocycles. The minimum absolute atomic E-state index is 0.208. The standard InChI is InChI=1S/C17H18FN5O2S/c1-3-13(17(24)25-4-2)26-16-14-15(19-10-20-16)23(22-21-14)9-11-7-5-6-8-12(11)18/h5-8,10,13H,3-4,9H2,1-2H3. The summed E-state index contributed by atoms with van der Waals surface area (Å²) in [6.07, 6.45) is 1.99. The molecule has 0 radical (unpaired) electrons. The highest BCUT2D eigenvalue weighted by molar-refractivity contribution is 8.00. The molecule has 7 nitrogen and oxygen atoms in total. The van der Waals surface area contributed by atoms with Gasteiger partial charge in [-0.1, -0.05) is 42.1 Å². The highest BCUT2D eigenvalue weighted by Gasteiger charge is 2.23. The van der Waals surface area contributed by atoms with Crippen molar-refractivity contribution in [2.75, 3.05) is 6.61 Å². The summed E-state index contributed by atoms with van der Waals surface area (Å²) in [6, 6.07) is 6.48. The molecule has 1 unspecified atom stereocenters. The van der Waals surface area contributed by atoms with E-state index in [1.807, 2.05) is 6.92 Å². The van der Waals surface area contributed by atoms with Gasteiger partial charge in [-0.3, -0.25) is 4.79 Å². The van der Waals surface area contributed by atoms with Crippen molar-refractivity contribution in [2.45, 2.75) is 37.1 Å². The molecule has 0 spiro atoms. The highest BCUT2D eigenvalue weighted by Crippen LogP contribution is 2.29. The molecule has 0 saturated heterocycles. The van der Waals surface area contributed by atoms with Crippen LogP contribution in [0.5, 0.6) is 0 Å². The van der Waals surface area contributed by atoms with E-state index in [-0.39, 0.29) is 23.6 Å². The zero-order valence-electron chi connectivity index (χ0n) is 14.4. The molecular weight excluding hydrogens is 357 g/mol. The van der Waals surface area contributed by atoms with Crippen molar-refractivity contribution in [3.8, 4) is 0 Å². The fourth-order valence-electron chi connectivity index (χ4n) is 2.42. The molecule has 0 fully saturated rings. The zero-order valence-corrected chi connectivity index (χ0v) is 15.2. The van der Waals surface area contributed by atoms with Gasteiger partial charge < -0.3 is 4.74 Å². The highest BCUT2D eigenvalue weighted by atomic mass is 32.2. The van der Waals surface area contributed by atoms with Crippen LogP contribution in [0.4, 0.5) is 4.39 Å². The number of hydrogen-bond donors (Lipinski definition) is 0. The first kappa shape index (κ1) is 18.2. The van der Waals surface area contributed by atoms with Crippen molar-refractivity contribution in [1.82, 2.24) is 25.0 Å². The Morgan fingerprint density at radius 1 is 1.31 bits per heavy atom. The molecule has 2 heterocycles. The van der Waals surface area contributed by atoms with Crippen molar-refractivity contribution < 1.29 is 13.9 Å². The lowest BCUT2D eigenvalue weighted by molar-refractivity contribution is -0.142. The first-order valence-corrected chi connectivity index (χ1v) is 9.12. The summed E-state index contributed by atoms with van der Waals surface area (Å²) in [6.45, 7) is 4.21. The van der Waals surface area contributed by atoms with E-state index in [4.69, 9.17) is 4.74 Å². The molecule has 3 aromatic rings. The number of hydrogen-bond acceptors (Lipinski definition) is 7. The van der Waals surface area contributed by atoms with Gasteiger partial charge in [0.25, 0.3) is 0 Å². The van der Waals surface area contributed by atoms with Crippen LogP contribution in [-0.4, -0.2) is 42.8 Å². The Morgan fingerprint density at radius 2 is 2.12 bits per heavy atom. The van der Waals surface area contributed by atoms with Gasteiger partial charge in [0, 0.05) is 5.56 Å². The number of aromatic nitrogens is 5. The first-order chi connectivity index (χ1) is 12.6. The number of fused-ring (bicyclic) bond motifs is 1. The maximum atomic E-state index is 13.9. The monoisotopic (exact) mass is 375 g/mol. The molecule has 0 bridgehead atoms. The number of benzene rings is 1. The third-order valence-electron chi connectivity index (χ3n) is 3.72. The van der Waals surface area contributed by atoms with Gasteiger partial charge in [0.2, 0.25) is 0 Å². The molecule has 0 aliphatic rings. The maximum absolute atomic E-state index is 13.9. The quantitative estimate of drug-likeness (QED) is 0.357. The summed E-state index contributed by atoms with van der Waals surface area (Å²) in [7, 11) is 0. The minimum Gasteiger partial charge on any atom is -0.465 e. The lowest BCUT2D eigenvalue weighted by Gasteiger charge is -2.12. The van der Waals surface area contributed by atoms with E-state index in [0.717, 1.165) is 0 Å². The average molecular weight is 375 g/mol. The SMILES string of the molecule is CCOC(=O)C(CC)Sc1ncnc2c1nnn2Cc1ccccc1F. The van der Waals surface area contributed by atoms with Crippen LogP contribution in [0.2, 0.25) is 0 Å². The number of carbonyl (C=O) groups is 1. The lowest BCUT2D eigenvalue weighted by atomic mass is 10.2. The maximum Gasteiger partial charge on any atom is 0.319 e. The van der Waals surface area contributed by atoms with E-state index >= 15 is 0 Å². The van der Waals surface area contributed by atoms with Crippen molar-refractivity contribution in [3.05, 3.63) is 42.0 Å². The van der Waals surface area contributed by atoms with E-state index in [1.54, 1.807) is 25.1 Å². The summed E-state index contributed by atoms with van der Waals surface area (Å²) in [4.78, 5) is 20.5. The summed E-state index contributed by atoms with van der Waals surface area (Å²) in [5.74, 6) is -0.598. The Labute approximate surface area is 154 Å². The van der Waals surface area contributed by atoms with Gasteiger partial charge in [0.1, 0.15) is 22.4 Å². The molecule has 1 aromatic carbocycles. The molecule has 9 heteroatoms. The van der Waals surface area contributed by atoms with Crippen LogP contribution in [0, 0.1) is 5.82 Å². The number of halogens is 1. The van der Waals surface area contributed by atoms with Gasteiger partial charge in [0.15, 0.2) is 11.2 Å². The number of ether oxygens (including phenoxy) is 1. The van der Waals surface area contributed by atoms with E-state index < -0.39 is 0 Å². The van der Waals surface area contributed by atoms with Gasteiger partial charge in [-0.15, -0.1) is 5.10 Å². The number of thioether (sulfide) groups is 1. The van der Waals surface area contributed by atoms with Crippen LogP contribution in [0.25, 0.3) is 11.2 Å². The van der Waals surface area contributed by atoms with E-state index in [1.165, 1.54) is 28.8 Å². The molecule has 0 amide bonds. The van der Waals surface area contributed by atoms with Gasteiger partial charge in [-0.25, -0.2) is 19.0 Å². The Balaban J connectivity index is 1.89. The summed E-state index contributed by atoms with van der Waals surface area (Å²) >= 11 is 1.27. The molecule has 0 N–H and O–H groups in total. The molecule has 136 valence electrons. The molecule has 3 rings (SSSR count). The molecular formula is C17H18FN5O2S. The smallest absolute Gasteiger partial charge is 0.319 e. The van der Waals surface area contributed by atoms with E-state index in [9.17, 15) is 9.18 Å². The summed E-state index contributed by atoms with van der Waals surface area (Å²) in [5.41, 5.74) is 1.46. The van der Waals surface area contributed by atoms with Gasteiger partial charge in [0.05, 0.1) is 13.2 Å². The molecule has 1 atom stereocenters. The van der Waals surface area contributed by atoms with Crippen LogP contribution in [0.3, 0.4) is 0 Å². The average Bonchev–Trinajstić information content (AvgIpc) is 3.05. The molecule has 26 heavy (non-hydrogen) atoms. The summed E-state index contributed by atoms with van der Waals surface area (Å²) < 4.78 is 20.5. The second-order valence-corrected chi connectivity index (χ2v) is 6.65. The first-order valence-electron chi connectivity index (χ1n) is 8.24. The van der Waals surface area contributed by atoms with Crippen LogP contribution in [0.1, 0.15) is 25.8 Å². The number of rotatable bonds is 7. The zero-order chi connectivity index (χ0) is 18.5. The molecule has 0 aliphatic heterocycles. The normalized spacial score (nSPS) is 12.3. The van der Waals surface area contributed by atoms with Crippen molar-refractivity contribution in [1.29, 1.82) is 0 Å². The Kier molecular flexibility index (Phi) is 5.77. The fourth-order valence-corrected chi connectivity index (χ4v) is 3.37. The summed E-state index contributed by atoms with van der Waals surface area (Å²) in [5, 5.41) is 8.37. The van der Waals surface area contributed by atoms with E-state index in [0.29, 0.717) is 34.8 Å². The number of carbonyl (C=O) groups excluding carboxylic acids is 1. The molecule has 0 aliphatic carbocycles. The Bertz CT molecular complexity index is 917. The topological polar surface area (TPSA) is 82.8 Å². The van der Waals surface area contributed by atoms with Crippen LogP contribution in [-0.2, 0) is 16.1 Å². The van der Waals surface area contributed by atoms with Crippen LogP contribution in [0.15, 0.2) is 35.6 Å². The predicted molar refractivity (Wildman–Crippen MR) is 95.2 cm³/mol. The number of esters is 1. The second kappa shape index (κ2) is 8.22. The van der Waals surface area contributed by atoms with Crippen LogP contribution < -0.4 is 0 Å². The predicted octanol–water partition coefficient (Wildman–Crippen LogP) is 2.84. The minimum atomic E-state index is -0.384. The van der Waals surface area contributed by atoms with Gasteiger partial charge in [-0.05, 0) is 19.4 Å². The second-order valence-electron chi connectivity index (χ2n) is 5.46. The lowest BCUT2D eigenvalue weighted by Crippen LogP contribution is -2.19. The van der Waals surface area contributed by atoms with E-state index in [2.05, 4.69) is 20.3 Å². The van der Waals surface area contributed by atoms with Gasteiger partial charge >= 0.3 is 5.97 Å². The molecule has 0 saturated carbocycles. The number of nitrogens with zero attached hydrogens (tertiary/aromatic N) is 5. The van der Waals surface area contributed by atoms with Crippen molar-refractivity contribution >= 4 is 28.9 Å². The van der Waals surface area contributed by atoms with Crippen molar-refractivity contribution in [2.24, 2.45) is 0 Å². The fraction of sp³-hybridized carbons (Fsp3) is 0.353. The van der Waals surface area contributed by atoms with Gasteiger partial charge in [-0.2, -0.15) is 0 Å². The van der Waals surface area contributed by atoms with Crippen LogP contribution >= 0.6 is 11.8 Å². The Hall–Kier alpha value is -2.55. The third kappa shape index (κ3) is 3.82. The largest absolute Gasteiger partial charge is 0.465 e. The third-order valence-corrected chi connectivity index (χ3v) is 5.05. The van der Waals surface area contributed by atoms with Crippen molar-refractivity contribution in [3.63, 3.8) is 0 Å².